The number of amides is 2. The van der Waals surface area contributed by atoms with E-state index in [0.717, 1.165) is 0 Å². The number of ether oxygens (including phenoxy) is 1. The molecule has 1 aromatic rings. The molecule has 0 aliphatic carbocycles. The topological polar surface area (TPSA) is 49.9 Å². The van der Waals surface area contributed by atoms with Crippen molar-refractivity contribution in [1.29, 1.82) is 0 Å². The number of hydrogen-bond acceptors (Lipinski definition) is 3. The van der Waals surface area contributed by atoms with Gasteiger partial charge >= 0.3 is 0 Å². The first kappa shape index (κ1) is 15.0. The predicted octanol–water partition coefficient (Wildman–Crippen LogP) is 1.14. The molecule has 1 aromatic carbocycles. The van der Waals surface area contributed by atoms with Crippen LogP contribution < -0.4 is 0 Å². The molecule has 3 rings (SSSR count). The number of nitrogens with zero attached hydrogens (tertiary/aromatic N) is 2. The SMILES string of the molecule is CN(C)C(=O)[C@H]1CN(C(=O)c2cccc(F)c2)C2CCOC21. The lowest BCUT2D eigenvalue weighted by Crippen LogP contribution is -2.37. The lowest BCUT2D eigenvalue weighted by atomic mass is 10.0. The lowest BCUT2D eigenvalue weighted by molar-refractivity contribution is -0.135. The van der Waals surface area contributed by atoms with Gasteiger partial charge in [0.15, 0.2) is 0 Å². The molecule has 0 bridgehead atoms. The van der Waals surface area contributed by atoms with Crippen LogP contribution in [-0.4, -0.2) is 61.0 Å². The molecule has 22 heavy (non-hydrogen) atoms. The van der Waals surface area contributed by atoms with Gasteiger partial charge in [-0.25, -0.2) is 4.39 Å². The fraction of sp³-hybridized carbons (Fsp3) is 0.500. The van der Waals surface area contributed by atoms with Gasteiger partial charge in [0.25, 0.3) is 5.91 Å². The number of benzene rings is 1. The molecule has 2 aliphatic heterocycles. The largest absolute Gasteiger partial charge is 0.375 e. The maximum atomic E-state index is 13.3. The van der Waals surface area contributed by atoms with Crippen LogP contribution in [-0.2, 0) is 9.53 Å². The third-order valence-corrected chi connectivity index (χ3v) is 4.38. The highest BCUT2D eigenvalue weighted by molar-refractivity contribution is 5.95. The molecule has 2 saturated heterocycles. The van der Waals surface area contributed by atoms with Crippen molar-refractivity contribution in [3.05, 3.63) is 35.6 Å². The molecule has 0 radical (unpaired) electrons. The Morgan fingerprint density at radius 1 is 1.36 bits per heavy atom. The Hall–Kier alpha value is -1.95. The van der Waals surface area contributed by atoms with Gasteiger partial charge in [-0.1, -0.05) is 6.07 Å². The first-order valence-corrected chi connectivity index (χ1v) is 7.38. The van der Waals surface area contributed by atoms with Gasteiger partial charge in [-0.2, -0.15) is 0 Å². The highest BCUT2D eigenvalue weighted by Crippen LogP contribution is 2.35. The average molecular weight is 306 g/mol. The zero-order chi connectivity index (χ0) is 15.9. The fourth-order valence-corrected chi connectivity index (χ4v) is 3.34. The highest BCUT2D eigenvalue weighted by Gasteiger charge is 2.50. The van der Waals surface area contributed by atoms with Crippen LogP contribution in [0.2, 0.25) is 0 Å². The van der Waals surface area contributed by atoms with Crippen LogP contribution >= 0.6 is 0 Å². The number of rotatable bonds is 2. The molecule has 118 valence electrons. The van der Waals surface area contributed by atoms with Gasteiger partial charge in [-0.15, -0.1) is 0 Å². The van der Waals surface area contributed by atoms with Crippen molar-refractivity contribution in [2.24, 2.45) is 5.92 Å². The Labute approximate surface area is 128 Å². The first-order chi connectivity index (χ1) is 10.5. The molecule has 5 nitrogen and oxygen atoms in total. The van der Waals surface area contributed by atoms with E-state index in [4.69, 9.17) is 4.74 Å². The second-order valence-corrected chi connectivity index (χ2v) is 6.00. The zero-order valence-electron chi connectivity index (χ0n) is 12.7. The minimum absolute atomic E-state index is 0.0357. The van der Waals surface area contributed by atoms with Gasteiger partial charge in [0.1, 0.15) is 5.82 Å². The zero-order valence-corrected chi connectivity index (χ0v) is 12.7. The molecule has 0 N–H and O–H groups in total. The summed E-state index contributed by atoms with van der Waals surface area (Å²) in [4.78, 5) is 28.1. The van der Waals surface area contributed by atoms with E-state index in [1.807, 2.05) is 0 Å². The number of carbonyl (C=O) groups is 2. The van der Waals surface area contributed by atoms with Gasteiger partial charge in [0, 0.05) is 32.8 Å². The van der Waals surface area contributed by atoms with Crippen molar-refractivity contribution in [2.45, 2.75) is 18.6 Å². The summed E-state index contributed by atoms with van der Waals surface area (Å²) in [6.07, 6.45) is 0.454. The van der Waals surface area contributed by atoms with E-state index in [1.165, 1.54) is 23.1 Å². The van der Waals surface area contributed by atoms with Crippen LogP contribution in [0, 0.1) is 11.7 Å². The smallest absolute Gasteiger partial charge is 0.254 e. The van der Waals surface area contributed by atoms with Gasteiger partial charge in [0.05, 0.1) is 18.1 Å². The molecular formula is C16H19FN2O3. The molecule has 2 heterocycles. The second kappa shape index (κ2) is 5.68. The Balaban J connectivity index is 1.85. The third-order valence-electron chi connectivity index (χ3n) is 4.38. The van der Waals surface area contributed by atoms with Crippen molar-refractivity contribution in [2.75, 3.05) is 27.2 Å². The summed E-state index contributed by atoms with van der Waals surface area (Å²) in [5.74, 6) is -1.06. The predicted molar refractivity (Wildman–Crippen MR) is 77.8 cm³/mol. The summed E-state index contributed by atoms with van der Waals surface area (Å²) in [7, 11) is 3.40. The van der Waals surface area contributed by atoms with Gasteiger partial charge in [0.2, 0.25) is 5.91 Å². The standard InChI is InChI=1S/C16H19FN2O3/c1-18(2)16(21)12-9-19(13-6-7-22-14(12)13)15(20)10-4-3-5-11(17)8-10/h3-5,8,12-14H,6-7,9H2,1-2H3/t12-,13?,14?/m0/s1. The van der Waals surface area contributed by atoms with Crippen molar-refractivity contribution in [3.63, 3.8) is 0 Å². The van der Waals surface area contributed by atoms with E-state index in [-0.39, 0.29) is 29.9 Å². The van der Waals surface area contributed by atoms with E-state index >= 15 is 0 Å². The van der Waals surface area contributed by atoms with E-state index in [0.29, 0.717) is 25.1 Å². The Morgan fingerprint density at radius 3 is 2.82 bits per heavy atom. The minimum Gasteiger partial charge on any atom is -0.375 e. The summed E-state index contributed by atoms with van der Waals surface area (Å²) in [6.45, 7) is 0.862. The van der Waals surface area contributed by atoms with Crippen molar-refractivity contribution in [3.8, 4) is 0 Å². The maximum Gasteiger partial charge on any atom is 0.254 e. The summed E-state index contributed by atoms with van der Waals surface area (Å²) >= 11 is 0. The molecule has 0 spiro atoms. The normalized spacial score (nSPS) is 26.9. The molecule has 2 amide bonds. The highest BCUT2D eigenvalue weighted by atomic mass is 19.1. The van der Waals surface area contributed by atoms with Gasteiger partial charge in [-0.05, 0) is 24.6 Å². The summed E-state index contributed by atoms with van der Waals surface area (Å²) in [6, 6.07) is 5.54. The fourth-order valence-electron chi connectivity index (χ4n) is 3.34. The van der Waals surface area contributed by atoms with Crippen LogP contribution in [0.25, 0.3) is 0 Å². The summed E-state index contributed by atoms with van der Waals surface area (Å²) in [5.41, 5.74) is 0.309. The van der Waals surface area contributed by atoms with E-state index < -0.39 is 5.82 Å². The third kappa shape index (κ3) is 2.47. The van der Waals surface area contributed by atoms with Crippen LogP contribution in [0.4, 0.5) is 4.39 Å². The van der Waals surface area contributed by atoms with Crippen molar-refractivity contribution < 1.29 is 18.7 Å². The number of likely N-dealkylation sites (tertiary alicyclic amines) is 1. The second-order valence-electron chi connectivity index (χ2n) is 6.00. The van der Waals surface area contributed by atoms with Crippen LogP contribution in [0.15, 0.2) is 24.3 Å². The maximum absolute atomic E-state index is 13.3. The summed E-state index contributed by atoms with van der Waals surface area (Å²) < 4.78 is 19.0. The quantitative estimate of drug-likeness (QED) is 0.823. The molecule has 0 aromatic heterocycles. The molecule has 2 unspecified atom stereocenters. The molecule has 6 heteroatoms. The molecule has 0 saturated carbocycles. The summed E-state index contributed by atoms with van der Waals surface area (Å²) in [5, 5.41) is 0. The van der Waals surface area contributed by atoms with Crippen LogP contribution in [0.1, 0.15) is 16.8 Å². The Bertz CT molecular complexity index is 605. The van der Waals surface area contributed by atoms with E-state index in [2.05, 4.69) is 0 Å². The van der Waals surface area contributed by atoms with Crippen molar-refractivity contribution in [1.82, 2.24) is 9.80 Å². The molecular weight excluding hydrogens is 287 g/mol. The van der Waals surface area contributed by atoms with Gasteiger partial charge < -0.3 is 14.5 Å². The molecule has 2 aliphatic rings. The average Bonchev–Trinajstić information content (AvgIpc) is 3.07. The van der Waals surface area contributed by atoms with Crippen LogP contribution in [0.5, 0.6) is 0 Å². The van der Waals surface area contributed by atoms with E-state index in [1.54, 1.807) is 25.1 Å². The minimum atomic E-state index is -0.440. The Morgan fingerprint density at radius 2 is 2.14 bits per heavy atom. The number of carbonyl (C=O) groups excluding carboxylic acids is 2. The number of hydrogen-bond donors (Lipinski definition) is 0. The first-order valence-electron chi connectivity index (χ1n) is 7.38. The van der Waals surface area contributed by atoms with Crippen LogP contribution in [0.3, 0.4) is 0 Å². The monoisotopic (exact) mass is 306 g/mol. The van der Waals surface area contributed by atoms with E-state index in [9.17, 15) is 14.0 Å². The lowest BCUT2D eigenvalue weighted by Gasteiger charge is -2.22. The Kier molecular flexibility index (Phi) is 3.87. The number of halogens is 1. The molecule has 2 fully saturated rings. The van der Waals surface area contributed by atoms with Crippen molar-refractivity contribution >= 4 is 11.8 Å². The van der Waals surface area contributed by atoms with Gasteiger partial charge in [-0.3, -0.25) is 9.59 Å². The molecule has 3 atom stereocenters. The number of fused-ring (bicyclic) bond motifs is 1.